The molecule has 0 bridgehead atoms. The van der Waals surface area contributed by atoms with Crippen LogP contribution in [-0.4, -0.2) is 31.2 Å². The number of carboxylic acid groups (broad SMARTS) is 1. The van der Waals surface area contributed by atoms with Crippen LogP contribution in [0.3, 0.4) is 0 Å². The highest BCUT2D eigenvalue weighted by Crippen LogP contribution is 2.12. The molecule has 0 fully saturated rings. The van der Waals surface area contributed by atoms with Gasteiger partial charge in [0.15, 0.2) is 9.84 Å². The minimum atomic E-state index is -3.71. The molecule has 0 aliphatic rings. The van der Waals surface area contributed by atoms with Crippen molar-refractivity contribution in [3.63, 3.8) is 0 Å². The van der Waals surface area contributed by atoms with Crippen LogP contribution < -0.4 is 5.32 Å². The molecule has 0 saturated heterocycles. The zero-order valence-electron chi connectivity index (χ0n) is 13.7. The molecule has 2 aromatic rings. The van der Waals surface area contributed by atoms with Gasteiger partial charge in [-0.05, 0) is 41.8 Å². The van der Waals surface area contributed by atoms with Crippen LogP contribution >= 0.6 is 0 Å². The molecule has 2 aromatic carbocycles. The van der Waals surface area contributed by atoms with Crippen molar-refractivity contribution >= 4 is 27.4 Å². The van der Waals surface area contributed by atoms with E-state index in [1.165, 1.54) is 24.3 Å². The van der Waals surface area contributed by atoms with E-state index in [1.807, 2.05) is 19.1 Å². The summed E-state index contributed by atoms with van der Waals surface area (Å²) in [5.74, 6) is -2.82. The molecular formula is C18H19NO5S. The highest BCUT2D eigenvalue weighted by molar-refractivity contribution is 7.91. The van der Waals surface area contributed by atoms with E-state index in [2.05, 4.69) is 5.32 Å². The second-order valence-corrected chi connectivity index (χ2v) is 7.70. The quantitative estimate of drug-likeness (QED) is 0.789. The summed E-state index contributed by atoms with van der Waals surface area (Å²) in [6.45, 7) is 2.01. The number of sulfone groups is 1. The Morgan fingerprint density at radius 1 is 1.04 bits per heavy atom. The van der Waals surface area contributed by atoms with Crippen LogP contribution in [-0.2, 0) is 26.8 Å². The number of rotatable bonds is 7. The molecule has 2 N–H and O–H groups in total. The number of benzene rings is 2. The number of amides is 1. The Bertz CT molecular complexity index is 873. The van der Waals surface area contributed by atoms with Gasteiger partial charge in [-0.25, -0.2) is 13.2 Å². The number of anilines is 1. The average molecular weight is 361 g/mol. The molecule has 0 radical (unpaired) electrons. The van der Waals surface area contributed by atoms with Gasteiger partial charge < -0.3 is 10.4 Å². The summed E-state index contributed by atoms with van der Waals surface area (Å²) in [5.41, 5.74) is 1.99. The van der Waals surface area contributed by atoms with Crippen molar-refractivity contribution in [2.24, 2.45) is 0 Å². The van der Waals surface area contributed by atoms with Crippen molar-refractivity contribution in [1.29, 1.82) is 0 Å². The third-order valence-electron chi connectivity index (χ3n) is 3.56. The lowest BCUT2D eigenvalue weighted by molar-refractivity contribution is -0.113. The van der Waals surface area contributed by atoms with Crippen LogP contribution in [0.25, 0.3) is 0 Å². The zero-order chi connectivity index (χ0) is 18.4. The molecule has 132 valence electrons. The Morgan fingerprint density at radius 2 is 1.72 bits per heavy atom. The Balaban J connectivity index is 2.01. The lowest BCUT2D eigenvalue weighted by Crippen LogP contribution is -2.24. The predicted molar refractivity (Wildman–Crippen MR) is 95.3 cm³/mol. The topological polar surface area (TPSA) is 101 Å². The molecule has 6 nitrogen and oxygen atoms in total. The van der Waals surface area contributed by atoms with Gasteiger partial charge in [-0.15, -0.1) is 0 Å². The summed E-state index contributed by atoms with van der Waals surface area (Å²) in [7, 11) is -3.71. The van der Waals surface area contributed by atoms with Crippen LogP contribution in [0.1, 0.15) is 28.4 Å². The molecule has 0 atom stereocenters. The van der Waals surface area contributed by atoms with Gasteiger partial charge in [-0.3, -0.25) is 4.79 Å². The molecular weight excluding hydrogens is 342 g/mol. The smallest absolute Gasteiger partial charge is 0.335 e. The van der Waals surface area contributed by atoms with Gasteiger partial charge in [0.05, 0.1) is 11.3 Å². The fourth-order valence-electron chi connectivity index (χ4n) is 2.32. The number of aryl methyl sites for hydroxylation is 1. The minimum absolute atomic E-state index is 0.00756. The maximum absolute atomic E-state index is 12.2. The van der Waals surface area contributed by atoms with E-state index in [4.69, 9.17) is 5.11 Å². The van der Waals surface area contributed by atoms with E-state index in [1.54, 1.807) is 12.1 Å². The summed E-state index contributed by atoms with van der Waals surface area (Å²) < 4.78 is 24.3. The molecule has 0 spiro atoms. The monoisotopic (exact) mass is 361 g/mol. The first-order chi connectivity index (χ1) is 11.8. The van der Waals surface area contributed by atoms with Crippen LogP contribution in [0.2, 0.25) is 0 Å². The fourth-order valence-corrected chi connectivity index (χ4v) is 3.58. The van der Waals surface area contributed by atoms with Gasteiger partial charge in [0.25, 0.3) is 0 Å². The lowest BCUT2D eigenvalue weighted by atomic mass is 10.1. The molecule has 0 aliphatic carbocycles. The number of aromatic carboxylic acids is 1. The number of carbonyl (C=O) groups excluding carboxylic acids is 1. The SMILES string of the molecule is CCc1ccc(NC(=O)CS(=O)(=O)Cc2cccc(C(=O)O)c2)cc1. The van der Waals surface area contributed by atoms with Gasteiger partial charge in [0.2, 0.25) is 5.91 Å². The summed E-state index contributed by atoms with van der Waals surface area (Å²) >= 11 is 0. The van der Waals surface area contributed by atoms with Crippen LogP contribution in [0.5, 0.6) is 0 Å². The summed E-state index contributed by atoms with van der Waals surface area (Å²) in [6.07, 6.45) is 0.873. The molecule has 0 unspecified atom stereocenters. The fraction of sp³-hybridized carbons (Fsp3) is 0.222. The first-order valence-electron chi connectivity index (χ1n) is 7.70. The summed E-state index contributed by atoms with van der Waals surface area (Å²) in [5, 5.41) is 11.5. The molecule has 2 rings (SSSR count). The molecule has 1 amide bonds. The number of nitrogens with one attached hydrogen (secondary N) is 1. The van der Waals surface area contributed by atoms with Crippen molar-refractivity contribution < 1.29 is 23.1 Å². The number of carboxylic acids is 1. The van der Waals surface area contributed by atoms with Crippen molar-refractivity contribution in [3.05, 3.63) is 65.2 Å². The van der Waals surface area contributed by atoms with E-state index in [0.29, 0.717) is 11.3 Å². The molecule has 0 aromatic heterocycles. The Morgan fingerprint density at radius 3 is 2.32 bits per heavy atom. The first-order valence-corrected chi connectivity index (χ1v) is 9.52. The van der Waals surface area contributed by atoms with Crippen molar-refractivity contribution in [2.75, 3.05) is 11.1 Å². The van der Waals surface area contributed by atoms with Crippen LogP contribution in [0.15, 0.2) is 48.5 Å². The molecule has 0 heterocycles. The van der Waals surface area contributed by atoms with E-state index in [-0.39, 0.29) is 5.56 Å². The van der Waals surface area contributed by atoms with E-state index in [0.717, 1.165) is 12.0 Å². The second kappa shape index (κ2) is 7.94. The largest absolute Gasteiger partial charge is 0.478 e. The molecule has 25 heavy (non-hydrogen) atoms. The van der Waals surface area contributed by atoms with Crippen LogP contribution in [0.4, 0.5) is 5.69 Å². The van der Waals surface area contributed by atoms with Gasteiger partial charge in [0.1, 0.15) is 5.75 Å². The van der Waals surface area contributed by atoms with Gasteiger partial charge in [-0.2, -0.15) is 0 Å². The molecule has 0 saturated carbocycles. The Labute approximate surface area is 146 Å². The van der Waals surface area contributed by atoms with Gasteiger partial charge >= 0.3 is 5.97 Å². The van der Waals surface area contributed by atoms with E-state index < -0.39 is 33.2 Å². The van der Waals surface area contributed by atoms with Crippen molar-refractivity contribution in [2.45, 2.75) is 19.1 Å². The average Bonchev–Trinajstić information content (AvgIpc) is 2.54. The summed E-state index contributed by atoms with van der Waals surface area (Å²) in [6, 6.07) is 12.8. The zero-order valence-corrected chi connectivity index (χ0v) is 14.5. The lowest BCUT2D eigenvalue weighted by Gasteiger charge is -2.08. The third-order valence-corrected chi connectivity index (χ3v) is 5.03. The minimum Gasteiger partial charge on any atom is -0.478 e. The molecule has 0 aliphatic heterocycles. The normalized spacial score (nSPS) is 11.1. The highest BCUT2D eigenvalue weighted by Gasteiger charge is 2.18. The van der Waals surface area contributed by atoms with E-state index >= 15 is 0 Å². The van der Waals surface area contributed by atoms with Crippen molar-refractivity contribution in [3.8, 4) is 0 Å². The Hall–Kier alpha value is -2.67. The summed E-state index contributed by atoms with van der Waals surface area (Å²) in [4.78, 5) is 22.9. The molecule has 7 heteroatoms. The number of hydrogen-bond acceptors (Lipinski definition) is 4. The van der Waals surface area contributed by atoms with E-state index in [9.17, 15) is 18.0 Å². The van der Waals surface area contributed by atoms with Crippen LogP contribution in [0, 0.1) is 0 Å². The maximum Gasteiger partial charge on any atom is 0.335 e. The standard InChI is InChI=1S/C18H19NO5S/c1-2-13-6-8-16(9-7-13)19-17(20)12-25(23,24)11-14-4-3-5-15(10-14)18(21)22/h3-10H,2,11-12H2,1H3,(H,19,20)(H,21,22). The highest BCUT2D eigenvalue weighted by atomic mass is 32.2. The first kappa shape index (κ1) is 18.7. The third kappa shape index (κ3) is 5.72. The predicted octanol–water partition coefficient (Wildman–Crippen LogP) is 2.50. The Kier molecular flexibility index (Phi) is 5.93. The van der Waals surface area contributed by atoms with Crippen molar-refractivity contribution in [1.82, 2.24) is 0 Å². The number of carbonyl (C=O) groups is 2. The van der Waals surface area contributed by atoms with Gasteiger partial charge in [0, 0.05) is 5.69 Å². The second-order valence-electron chi connectivity index (χ2n) is 5.64. The van der Waals surface area contributed by atoms with Gasteiger partial charge in [-0.1, -0.05) is 31.2 Å². The number of hydrogen-bond donors (Lipinski definition) is 2. The maximum atomic E-state index is 12.2.